The molecule has 1 aromatic carbocycles. The third-order valence-electron chi connectivity index (χ3n) is 5.12. The maximum Gasteiger partial charge on any atom is 0.116 e. The molecule has 1 aliphatic rings. The van der Waals surface area contributed by atoms with Crippen molar-refractivity contribution >= 4 is 27.2 Å². The lowest BCUT2D eigenvalue weighted by molar-refractivity contribution is -0.281. The van der Waals surface area contributed by atoms with Gasteiger partial charge in [0.1, 0.15) is 6.61 Å². The molecule has 0 radical (unpaired) electrons. The van der Waals surface area contributed by atoms with Gasteiger partial charge in [-0.05, 0) is 36.5 Å². The summed E-state index contributed by atoms with van der Waals surface area (Å²) in [5, 5.41) is 0. The Kier molecular flexibility index (Phi) is 4.79. The van der Waals surface area contributed by atoms with E-state index in [1.165, 1.54) is 58.5 Å². The fraction of sp³-hybridized carbons (Fsp3) is 0.400. The summed E-state index contributed by atoms with van der Waals surface area (Å²) in [5.41, 5.74) is 12.1. The monoisotopic (exact) mass is 356 g/mol. The third-order valence-corrected chi connectivity index (χ3v) is 6.26. The number of nitrogens with two attached hydrogens (primary N) is 1. The molecule has 0 atom stereocenters. The highest BCUT2D eigenvalue weighted by Crippen LogP contribution is 2.45. The second-order valence-electron chi connectivity index (χ2n) is 6.72. The minimum atomic E-state index is 0.483. The van der Waals surface area contributed by atoms with Crippen molar-refractivity contribution in [3.8, 4) is 11.3 Å². The maximum absolute atomic E-state index is 6.28. The largest absolute Gasteiger partial charge is 0.398 e. The Morgan fingerprint density at radius 1 is 1.20 bits per heavy atom. The number of hydrogen-bond acceptors (Lipinski definition) is 4. The number of aromatic nitrogens is 1. The molecule has 4 rings (SSSR count). The molecule has 0 saturated heterocycles. The number of hydrogen-bond donors (Lipinski definition) is 2. The minimum Gasteiger partial charge on any atom is -0.398 e. The van der Waals surface area contributed by atoms with E-state index in [1.807, 2.05) is 12.1 Å². The summed E-state index contributed by atoms with van der Waals surface area (Å²) in [6, 6.07) is 10.3. The van der Waals surface area contributed by atoms with Gasteiger partial charge in [-0.15, -0.1) is 11.3 Å². The number of nitrogens with one attached hydrogen (secondary N) is 1. The highest BCUT2D eigenvalue weighted by molar-refractivity contribution is 7.19. The molecule has 2 aromatic heterocycles. The van der Waals surface area contributed by atoms with E-state index < -0.39 is 0 Å². The molecule has 1 saturated carbocycles. The van der Waals surface area contributed by atoms with Gasteiger partial charge in [-0.25, -0.2) is 9.78 Å². The topological polar surface area (TPSA) is 60.3 Å². The highest BCUT2D eigenvalue weighted by atomic mass is 32.1. The first-order valence-electron chi connectivity index (χ1n) is 8.92. The van der Waals surface area contributed by atoms with Crippen LogP contribution in [-0.2, 0) is 16.4 Å². The van der Waals surface area contributed by atoms with Crippen LogP contribution in [-0.4, -0.2) is 12.1 Å². The molecule has 0 amide bonds. The molecule has 132 valence electrons. The zero-order valence-electron chi connectivity index (χ0n) is 14.5. The van der Waals surface area contributed by atoms with Crippen LogP contribution in [0.3, 0.4) is 0 Å². The van der Waals surface area contributed by atoms with Crippen molar-refractivity contribution in [2.45, 2.75) is 44.6 Å². The zero-order valence-corrected chi connectivity index (χ0v) is 15.3. The second kappa shape index (κ2) is 7.20. The Hall–Kier alpha value is -1.82. The lowest BCUT2D eigenvalue weighted by Crippen LogP contribution is -2.05. The van der Waals surface area contributed by atoms with Crippen molar-refractivity contribution in [3.05, 3.63) is 40.8 Å². The number of thiophene rings is 1. The molecule has 0 unspecified atom stereocenters. The van der Waals surface area contributed by atoms with Crippen LogP contribution in [0.2, 0.25) is 0 Å². The van der Waals surface area contributed by atoms with Gasteiger partial charge in [-0.1, -0.05) is 37.5 Å². The van der Waals surface area contributed by atoms with Crippen molar-refractivity contribution in [1.29, 1.82) is 0 Å². The summed E-state index contributed by atoms with van der Waals surface area (Å²) in [7, 11) is 1.54. The lowest BCUT2D eigenvalue weighted by atomic mass is 9.83. The first-order chi connectivity index (χ1) is 12.3. The van der Waals surface area contributed by atoms with Crippen LogP contribution in [0, 0.1) is 0 Å². The minimum absolute atomic E-state index is 0.483. The summed E-state index contributed by atoms with van der Waals surface area (Å²) in [4.78, 5) is 14.7. The molecule has 3 aromatic rings. The first kappa shape index (κ1) is 16.6. The molecule has 1 fully saturated rings. The fourth-order valence-corrected chi connectivity index (χ4v) is 5.10. The SMILES string of the molecule is COOCc1cc2[nH]c(-c3ccccc3N)c(C3CCCCC3)c2s1. The average Bonchev–Trinajstić information content (AvgIpc) is 3.18. The molecular weight excluding hydrogens is 332 g/mol. The Bertz CT molecular complexity index is 862. The van der Waals surface area contributed by atoms with Crippen molar-refractivity contribution in [3.63, 3.8) is 0 Å². The van der Waals surface area contributed by atoms with E-state index in [-0.39, 0.29) is 0 Å². The predicted octanol–water partition coefficient (Wildman–Crippen LogP) is 5.60. The Balaban J connectivity index is 1.83. The Morgan fingerprint density at radius 3 is 2.76 bits per heavy atom. The van der Waals surface area contributed by atoms with Crippen LogP contribution >= 0.6 is 11.3 Å². The van der Waals surface area contributed by atoms with Crippen molar-refractivity contribution in [2.24, 2.45) is 0 Å². The predicted molar refractivity (Wildman–Crippen MR) is 104 cm³/mol. The summed E-state index contributed by atoms with van der Waals surface area (Å²) < 4.78 is 1.35. The van der Waals surface area contributed by atoms with E-state index in [2.05, 4.69) is 23.2 Å². The molecule has 0 spiro atoms. The average molecular weight is 356 g/mol. The van der Waals surface area contributed by atoms with Gasteiger partial charge in [0.05, 0.1) is 23.0 Å². The summed E-state index contributed by atoms with van der Waals surface area (Å²) in [5.74, 6) is 0.604. The van der Waals surface area contributed by atoms with Gasteiger partial charge in [0.15, 0.2) is 0 Å². The summed E-state index contributed by atoms with van der Waals surface area (Å²) in [6.45, 7) is 0.483. The number of benzene rings is 1. The smallest absolute Gasteiger partial charge is 0.116 e. The molecule has 4 nitrogen and oxygen atoms in total. The fourth-order valence-electron chi connectivity index (χ4n) is 3.96. The van der Waals surface area contributed by atoms with Crippen LogP contribution in [0.25, 0.3) is 21.5 Å². The van der Waals surface area contributed by atoms with Crippen LogP contribution in [0.4, 0.5) is 5.69 Å². The second-order valence-corrected chi connectivity index (χ2v) is 7.86. The van der Waals surface area contributed by atoms with Crippen molar-refractivity contribution in [2.75, 3.05) is 12.8 Å². The van der Waals surface area contributed by atoms with E-state index in [0.29, 0.717) is 12.5 Å². The number of para-hydroxylation sites is 1. The van der Waals surface area contributed by atoms with Crippen LogP contribution in [0.5, 0.6) is 0 Å². The van der Waals surface area contributed by atoms with Crippen LogP contribution < -0.4 is 5.73 Å². The standard InChI is InChI=1S/C20H24N2O2S/c1-23-24-12-14-11-17-20(25-14)18(13-7-3-2-4-8-13)19(22-17)15-9-5-6-10-16(15)21/h5-6,9-11,13,22H,2-4,7-8,12,21H2,1H3. The van der Waals surface area contributed by atoms with E-state index >= 15 is 0 Å². The molecular formula is C20H24N2O2S. The number of fused-ring (bicyclic) bond motifs is 1. The molecule has 3 N–H and O–H groups in total. The molecule has 1 aliphatic carbocycles. The van der Waals surface area contributed by atoms with E-state index in [0.717, 1.165) is 11.3 Å². The maximum atomic E-state index is 6.28. The molecule has 0 aliphatic heterocycles. The molecule has 0 bridgehead atoms. The first-order valence-corrected chi connectivity index (χ1v) is 9.74. The van der Waals surface area contributed by atoms with Gasteiger partial charge >= 0.3 is 0 Å². The summed E-state index contributed by atoms with van der Waals surface area (Å²) >= 11 is 1.80. The quantitative estimate of drug-likeness (QED) is 0.355. The zero-order chi connectivity index (χ0) is 17.2. The number of nitrogen functional groups attached to an aromatic ring is 1. The molecule has 2 heterocycles. The number of rotatable bonds is 5. The van der Waals surface area contributed by atoms with Gasteiger partial charge in [0, 0.05) is 16.1 Å². The number of aromatic amines is 1. The Morgan fingerprint density at radius 2 is 2.00 bits per heavy atom. The van der Waals surface area contributed by atoms with Gasteiger partial charge in [0.2, 0.25) is 0 Å². The van der Waals surface area contributed by atoms with Gasteiger partial charge in [0.25, 0.3) is 0 Å². The number of anilines is 1. The third kappa shape index (κ3) is 3.19. The summed E-state index contributed by atoms with van der Waals surface area (Å²) in [6.07, 6.45) is 6.49. The van der Waals surface area contributed by atoms with Crippen LogP contribution in [0.1, 0.15) is 48.5 Å². The van der Waals surface area contributed by atoms with E-state index in [1.54, 1.807) is 18.4 Å². The lowest BCUT2D eigenvalue weighted by Gasteiger charge is -2.23. The van der Waals surface area contributed by atoms with E-state index in [4.69, 9.17) is 15.5 Å². The van der Waals surface area contributed by atoms with Crippen molar-refractivity contribution < 1.29 is 9.78 Å². The highest BCUT2D eigenvalue weighted by Gasteiger charge is 2.25. The Labute approximate surface area is 151 Å². The van der Waals surface area contributed by atoms with Crippen molar-refractivity contribution in [1.82, 2.24) is 4.98 Å². The van der Waals surface area contributed by atoms with Gasteiger partial charge in [-0.3, -0.25) is 0 Å². The molecule has 5 heteroatoms. The molecule has 25 heavy (non-hydrogen) atoms. The van der Waals surface area contributed by atoms with Crippen LogP contribution in [0.15, 0.2) is 30.3 Å². The van der Waals surface area contributed by atoms with Gasteiger partial charge < -0.3 is 10.7 Å². The normalized spacial score (nSPS) is 15.9. The van der Waals surface area contributed by atoms with E-state index in [9.17, 15) is 0 Å². The van der Waals surface area contributed by atoms with Gasteiger partial charge in [-0.2, -0.15) is 0 Å². The number of H-pyrrole nitrogens is 1.